The second-order valence-corrected chi connectivity index (χ2v) is 4.68. The number of imidazole rings is 1. The maximum absolute atomic E-state index is 4.16. The SMILES string of the molecule is CC(C)(C)N1CCc2cncn2C1. The van der Waals surface area contributed by atoms with Crippen LogP contribution in [0.25, 0.3) is 0 Å². The zero-order valence-corrected chi connectivity index (χ0v) is 8.62. The van der Waals surface area contributed by atoms with Gasteiger partial charge in [0.1, 0.15) is 0 Å². The summed E-state index contributed by atoms with van der Waals surface area (Å²) < 4.78 is 2.23. The van der Waals surface area contributed by atoms with Crippen LogP contribution in [0.3, 0.4) is 0 Å². The normalized spacial score (nSPS) is 18.7. The Bertz CT molecular complexity index is 295. The van der Waals surface area contributed by atoms with Crippen molar-refractivity contribution in [1.82, 2.24) is 14.5 Å². The largest absolute Gasteiger partial charge is 0.321 e. The monoisotopic (exact) mass is 179 g/mol. The first-order valence-corrected chi connectivity index (χ1v) is 4.81. The van der Waals surface area contributed by atoms with Crippen molar-refractivity contribution in [3.8, 4) is 0 Å². The number of hydrogen-bond acceptors (Lipinski definition) is 2. The van der Waals surface area contributed by atoms with Gasteiger partial charge in [0, 0.05) is 30.4 Å². The zero-order valence-electron chi connectivity index (χ0n) is 8.62. The van der Waals surface area contributed by atoms with E-state index < -0.39 is 0 Å². The summed E-state index contributed by atoms with van der Waals surface area (Å²) in [5.74, 6) is 0. The minimum absolute atomic E-state index is 0.266. The van der Waals surface area contributed by atoms with Gasteiger partial charge in [-0.2, -0.15) is 0 Å². The van der Waals surface area contributed by atoms with Gasteiger partial charge < -0.3 is 4.57 Å². The highest BCUT2D eigenvalue weighted by atomic mass is 15.3. The molecule has 1 aliphatic heterocycles. The zero-order chi connectivity index (χ0) is 9.47. The van der Waals surface area contributed by atoms with Crippen molar-refractivity contribution in [2.24, 2.45) is 0 Å². The Kier molecular flexibility index (Phi) is 1.91. The standard InChI is InChI=1S/C10H17N3/c1-10(2,3)13-5-4-9-6-11-7-12(9)8-13/h6-7H,4-5,8H2,1-3H3. The maximum atomic E-state index is 4.16. The van der Waals surface area contributed by atoms with E-state index in [0.29, 0.717) is 0 Å². The number of fused-ring (bicyclic) bond motifs is 1. The van der Waals surface area contributed by atoms with Gasteiger partial charge in [0.2, 0.25) is 0 Å². The molecule has 0 aromatic carbocycles. The minimum atomic E-state index is 0.266. The molecule has 0 atom stereocenters. The van der Waals surface area contributed by atoms with Crippen LogP contribution in [-0.2, 0) is 13.1 Å². The Labute approximate surface area is 79.4 Å². The van der Waals surface area contributed by atoms with E-state index in [1.807, 2.05) is 12.5 Å². The van der Waals surface area contributed by atoms with Gasteiger partial charge in [-0.05, 0) is 20.8 Å². The summed E-state index contributed by atoms with van der Waals surface area (Å²) in [6.07, 6.45) is 5.02. The first kappa shape index (κ1) is 8.75. The van der Waals surface area contributed by atoms with Crippen LogP contribution in [0.5, 0.6) is 0 Å². The molecule has 1 aromatic rings. The third-order valence-electron chi connectivity index (χ3n) is 2.71. The van der Waals surface area contributed by atoms with Crippen LogP contribution < -0.4 is 0 Å². The second-order valence-electron chi connectivity index (χ2n) is 4.68. The molecule has 2 heterocycles. The smallest absolute Gasteiger partial charge is 0.0959 e. The molecule has 0 unspecified atom stereocenters. The lowest BCUT2D eigenvalue weighted by atomic mass is 10.1. The molecule has 0 aliphatic carbocycles. The van der Waals surface area contributed by atoms with Crippen molar-refractivity contribution in [3.05, 3.63) is 18.2 Å². The lowest BCUT2D eigenvalue weighted by Gasteiger charge is -2.38. The molecule has 0 saturated heterocycles. The Balaban J connectivity index is 2.18. The third kappa shape index (κ3) is 1.61. The van der Waals surface area contributed by atoms with Crippen molar-refractivity contribution >= 4 is 0 Å². The molecule has 0 amide bonds. The van der Waals surface area contributed by atoms with E-state index in [1.54, 1.807) is 0 Å². The molecular formula is C10H17N3. The molecule has 0 fully saturated rings. The average molecular weight is 179 g/mol. The summed E-state index contributed by atoms with van der Waals surface area (Å²) in [6.45, 7) is 8.91. The van der Waals surface area contributed by atoms with E-state index in [1.165, 1.54) is 5.69 Å². The number of rotatable bonds is 0. The highest BCUT2D eigenvalue weighted by Crippen LogP contribution is 2.19. The Morgan fingerprint density at radius 1 is 1.38 bits per heavy atom. The predicted molar refractivity (Wildman–Crippen MR) is 52.4 cm³/mol. The van der Waals surface area contributed by atoms with Crippen LogP contribution >= 0.6 is 0 Å². The van der Waals surface area contributed by atoms with E-state index in [0.717, 1.165) is 19.6 Å². The van der Waals surface area contributed by atoms with Gasteiger partial charge in [-0.15, -0.1) is 0 Å². The van der Waals surface area contributed by atoms with Crippen LogP contribution in [0.4, 0.5) is 0 Å². The third-order valence-corrected chi connectivity index (χ3v) is 2.71. The van der Waals surface area contributed by atoms with Crippen LogP contribution in [0.2, 0.25) is 0 Å². The molecule has 0 spiro atoms. The summed E-state index contributed by atoms with van der Waals surface area (Å²) in [5, 5.41) is 0. The van der Waals surface area contributed by atoms with Gasteiger partial charge in [-0.1, -0.05) is 0 Å². The van der Waals surface area contributed by atoms with E-state index in [2.05, 4.69) is 35.2 Å². The molecule has 3 nitrogen and oxygen atoms in total. The predicted octanol–water partition coefficient (Wildman–Crippen LogP) is 1.50. The fourth-order valence-electron chi connectivity index (χ4n) is 1.74. The Hall–Kier alpha value is -0.830. The van der Waals surface area contributed by atoms with Gasteiger partial charge in [-0.3, -0.25) is 4.90 Å². The van der Waals surface area contributed by atoms with Crippen molar-refractivity contribution in [2.75, 3.05) is 6.54 Å². The number of nitrogens with zero attached hydrogens (tertiary/aromatic N) is 3. The van der Waals surface area contributed by atoms with Crippen molar-refractivity contribution in [3.63, 3.8) is 0 Å². The van der Waals surface area contributed by atoms with Gasteiger partial charge in [0.25, 0.3) is 0 Å². The molecule has 72 valence electrons. The lowest BCUT2D eigenvalue weighted by molar-refractivity contribution is 0.0829. The Morgan fingerprint density at radius 2 is 2.15 bits per heavy atom. The minimum Gasteiger partial charge on any atom is -0.321 e. The molecule has 0 radical (unpaired) electrons. The first-order valence-electron chi connectivity index (χ1n) is 4.81. The molecule has 2 rings (SSSR count). The molecule has 1 aromatic heterocycles. The number of aromatic nitrogens is 2. The molecule has 0 N–H and O–H groups in total. The van der Waals surface area contributed by atoms with Gasteiger partial charge in [-0.25, -0.2) is 4.98 Å². The maximum Gasteiger partial charge on any atom is 0.0959 e. The molecule has 0 saturated carbocycles. The quantitative estimate of drug-likeness (QED) is 0.601. The van der Waals surface area contributed by atoms with Crippen molar-refractivity contribution < 1.29 is 0 Å². The summed E-state index contributed by atoms with van der Waals surface area (Å²) in [4.78, 5) is 6.63. The molecule has 1 aliphatic rings. The average Bonchev–Trinajstić information content (AvgIpc) is 2.47. The summed E-state index contributed by atoms with van der Waals surface area (Å²) in [7, 11) is 0. The topological polar surface area (TPSA) is 21.1 Å². The van der Waals surface area contributed by atoms with E-state index >= 15 is 0 Å². The van der Waals surface area contributed by atoms with Crippen molar-refractivity contribution in [1.29, 1.82) is 0 Å². The van der Waals surface area contributed by atoms with Crippen LogP contribution in [0.15, 0.2) is 12.5 Å². The van der Waals surface area contributed by atoms with E-state index in [9.17, 15) is 0 Å². The fraction of sp³-hybridized carbons (Fsp3) is 0.700. The van der Waals surface area contributed by atoms with Gasteiger partial charge >= 0.3 is 0 Å². The van der Waals surface area contributed by atoms with Crippen LogP contribution in [0, 0.1) is 0 Å². The molecule has 0 bridgehead atoms. The van der Waals surface area contributed by atoms with Gasteiger partial charge in [0.15, 0.2) is 0 Å². The summed E-state index contributed by atoms with van der Waals surface area (Å²) in [5.41, 5.74) is 1.63. The van der Waals surface area contributed by atoms with Crippen molar-refractivity contribution in [2.45, 2.75) is 39.4 Å². The molecule has 3 heteroatoms. The lowest BCUT2D eigenvalue weighted by Crippen LogP contribution is -2.46. The van der Waals surface area contributed by atoms with Gasteiger partial charge in [0.05, 0.1) is 13.0 Å². The molecule has 13 heavy (non-hydrogen) atoms. The summed E-state index contributed by atoms with van der Waals surface area (Å²) >= 11 is 0. The van der Waals surface area contributed by atoms with E-state index in [-0.39, 0.29) is 5.54 Å². The number of hydrogen-bond donors (Lipinski definition) is 0. The summed E-state index contributed by atoms with van der Waals surface area (Å²) in [6, 6.07) is 0. The fourth-order valence-corrected chi connectivity index (χ4v) is 1.74. The van der Waals surface area contributed by atoms with Crippen LogP contribution in [-0.4, -0.2) is 26.5 Å². The Morgan fingerprint density at radius 3 is 2.85 bits per heavy atom. The highest BCUT2D eigenvalue weighted by Gasteiger charge is 2.25. The van der Waals surface area contributed by atoms with Crippen LogP contribution in [0.1, 0.15) is 26.5 Å². The first-order chi connectivity index (χ1) is 6.07. The molecular weight excluding hydrogens is 162 g/mol. The second kappa shape index (κ2) is 2.84. The highest BCUT2D eigenvalue weighted by molar-refractivity contribution is 5.02. The van der Waals surface area contributed by atoms with E-state index in [4.69, 9.17) is 0 Å².